The lowest BCUT2D eigenvalue weighted by Crippen LogP contribution is -2.22. The van der Waals surface area contributed by atoms with Crippen molar-refractivity contribution >= 4 is 39.7 Å². The summed E-state index contributed by atoms with van der Waals surface area (Å²) in [6.45, 7) is 7.89. The highest BCUT2D eigenvalue weighted by Gasteiger charge is 2.19. The third-order valence-electron chi connectivity index (χ3n) is 2.89. The smallest absolute Gasteiger partial charge is 0.263 e. The Morgan fingerprint density at radius 1 is 1.45 bits per heavy atom. The number of amides is 1. The van der Waals surface area contributed by atoms with Gasteiger partial charge in [-0.3, -0.25) is 4.79 Å². The van der Waals surface area contributed by atoms with Gasteiger partial charge in [0.25, 0.3) is 5.91 Å². The molecule has 4 nitrogen and oxygen atoms in total. The monoisotopic (exact) mass is 315 g/mol. The molecule has 0 radical (unpaired) electrons. The second-order valence-corrected chi connectivity index (χ2v) is 6.87. The first-order chi connectivity index (χ1) is 9.51. The summed E-state index contributed by atoms with van der Waals surface area (Å²) < 4.78 is 0. The number of thioether (sulfide) groups is 1. The Labute approximate surface area is 129 Å². The maximum atomic E-state index is 11.9. The number of carbonyl (C=O) groups is 1. The molecule has 0 aromatic carbocycles. The Balaban J connectivity index is 2.75. The highest BCUT2D eigenvalue weighted by molar-refractivity contribution is 7.99. The summed E-state index contributed by atoms with van der Waals surface area (Å²) in [4.78, 5) is 13.5. The summed E-state index contributed by atoms with van der Waals surface area (Å²) >= 11 is 3.03. The highest BCUT2D eigenvalue weighted by Crippen LogP contribution is 2.41. The Morgan fingerprint density at radius 2 is 2.15 bits per heavy atom. The number of rotatable bonds is 8. The summed E-state index contributed by atoms with van der Waals surface area (Å²) in [5.74, 6) is 0.636. The van der Waals surface area contributed by atoms with E-state index in [1.807, 2.05) is 13.2 Å². The zero-order chi connectivity index (χ0) is 15.1. The van der Waals surface area contributed by atoms with Crippen LogP contribution in [-0.4, -0.2) is 25.3 Å². The topological polar surface area (TPSA) is 67.2 Å². The predicted molar refractivity (Wildman–Crippen MR) is 91.1 cm³/mol. The van der Waals surface area contributed by atoms with E-state index >= 15 is 0 Å². The van der Waals surface area contributed by atoms with Crippen LogP contribution < -0.4 is 16.4 Å². The lowest BCUT2D eigenvalue weighted by atomic mass is 10.1. The van der Waals surface area contributed by atoms with Gasteiger partial charge in [-0.25, -0.2) is 0 Å². The van der Waals surface area contributed by atoms with Crippen LogP contribution in [0.1, 0.15) is 43.3 Å². The molecule has 1 aromatic heterocycles. The van der Waals surface area contributed by atoms with Gasteiger partial charge in [0.2, 0.25) is 0 Å². The zero-order valence-electron chi connectivity index (χ0n) is 12.7. The molecule has 0 aliphatic heterocycles. The SMILES string of the molecule is CCNC(=O)c1sc(NCCCC(C)C)c(SC)c1N. The van der Waals surface area contributed by atoms with Gasteiger partial charge in [0.15, 0.2) is 0 Å². The molecular formula is C14H25N3OS2. The van der Waals surface area contributed by atoms with Gasteiger partial charge in [-0.2, -0.15) is 0 Å². The van der Waals surface area contributed by atoms with Crippen molar-refractivity contribution in [2.45, 2.75) is 38.5 Å². The van der Waals surface area contributed by atoms with Gasteiger partial charge in [-0.1, -0.05) is 13.8 Å². The van der Waals surface area contributed by atoms with Crippen molar-refractivity contribution in [3.63, 3.8) is 0 Å². The van der Waals surface area contributed by atoms with Gasteiger partial charge in [-0.15, -0.1) is 23.1 Å². The van der Waals surface area contributed by atoms with E-state index < -0.39 is 0 Å². The molecule has 1 rings (SSSR count). The van der Waals surface area contributed by atoms with Crippen LogP contribution in [0.5, 0.6) is 0 Å². The van der Waals surface area contributed by atoms with Gasteiger partial charge in [0, 0.05) is 13.1 Å². The molecule has 0 atom stereocenters. The second kappa shape index (κ2) is 8.42. The van der Waals surface area contributed by atoms with Gasteiger partial charge >= 0.3 is 0 Å². The standard InChI is InChI=1S/C14H25N3OS2/c1-5-16-13(18)11-10(15)12(19-4)14(20-11)17-8-6-7-9(2)3/h9,17H,5-8,15H2,1-4H3,(H,16,18). The molecule has 20 heavy (non-hydrogen) atoms. The average molecular weight is 316 g/mol. The first-order valence-electron chi connectivity index (χ1n) is 6.99. The Kier molecular flexibility index (Phi) is 7.23. The minimum atomic E-state index is -0.0828. The first-order valence-corrected chi connectivity index (χ1v) is 9.03. The van der Waals surface area contributed by atoms with E-state index in [4.69, 9.17) is 5.73 Å². The Bertz CT molecular complexity index is 444. The third kappa shape index (κ3) is 4.59. The van der Waals surface area contributed by atoms with Crippen LogP contribution in [0.4, 0.5) is 10.7 Å². The number of thiophene rings is 1. The maximum absolute atomic E-state index is 11.9. The molecule has 0 saturated heterocycles. The molecule has 0 aliphatic carbocycles. The quantitative estimate of drug-likeness (QED) is 0.506. The predicted octanol–water partition coefficient (Wildman–Crippen LogP) is 3.65. The van der Waals surface area contributed by atoms with Crippen molar-refractivity contribution in [3.05, 3.63) is 4.88 Å². The number of hydrogen-bond donors (Lipinski definition) is 3. The average Bonchev–Trinajstić information content (AvgIpc) is 2.71. The minimum Gasteiger partial charge on any atom is -0.396 e. The van der Waals surface area contributed by atoms with Crippen molar-refractivity contribution < 1.29 is 4.79 Å². The van der Waals surface area contributed by atoms with Crippen LogP contribution >= 0.6 is 23.1 Å². The van der Waals surface area contributed by atoms with Gasteiger partial charge < -0.3 is 16.4 Å². The fraction of sp³-hybridized carbons (Fsp3) is 0.643. The van der Waals surface area contributed by atoms with Gasteiger partial charge in [-0.05, 0) is 31.9 Å². The number of anilines is 2. The molecule has 0 bridgehead atoms. The van der Waals surface area contributed by atoms with Gasteiger partial charge in [0.05, 0.1) is 10.6 Å². The number of nitrogens with two attached hydrogens (primary N) is 1. The van der Waals surface area contributed by atoms with Crippen LogP contribution in [0, 0.1) is 5.92 Å². The number of nitrogen functional groups attached to an aromatic ring is 1. The molecule has 4 N–H and O–H groups in total. The molecule has 1 amide bonds. The third-order valence-corrected chi connectivity index (χ3v) is 5.01. The molecule has 0 spiro atoms. The van der Waals surface area contributed by atoms with Crippen molar-refractivity contribution in [1.82, 2.24) is 5.32 Å². The van der Waals surface area contributed by atoms with Crippen LogP contribution in [-0.2, 0) is 0 Å². The Hall–Kier alpha value is -0.880. The summed E-state index contributed by atoms with van der Waals surface area (Å²) in [5.41, 5.74) is 6.68. The van der Waals surface area contributed by atoms with E-state index in [2.05, 4.69) is 24.5 Å². The highest BCUT2D eigenvalue weighted by atomic mass is 32.2. The van der Waals surface area contributed by atoms with E-state index in [-0.39, 0.29) is 5.91 Å². The molecule has 6 heteroatoms. The summed E-state index contributed by atoms with van der Waals surface area (Å²) in [7, 11) is 0. The molecule has 114 valence electrons. The summed E-state index contributed by atoms with van der Waals surface area (Å²) in [6.07, 6.45) is 4.31. The second-order valence-electron chi connectivity index (χ2n) is 5.03. The lowest BCUT2D eigenvalue weighted by molar-refractivity contribution is 0.0960. The molecule has 0 saturated carbocycles. The van der Waals surface area contributed by atoms with Crippen molar-refractivity contribution in [2.75, 3.05) is 30.4 Å². The van der Waals surface area contributed by atoms with Crippen molar-refractivity contribution in [1.29, 1.82) is 0 Å². The fourth-order valence-electron chi connectivity index (χ4n) is 1.87. The fourth-order valence-corrected chi connectivity index (χ4v) is 3.85. The van der Waals surface area contributed by atoms with E-state index in [0.29, 0.717) is 17.1 Å². The van der Waals surface area contributed by atoms with E-state index in [0.717, 1.165) is 28.8 Å². The van der Waals surface area contributed by atoms with Crippen molar-refractivity contribution in [2.24, 2.45) is 5.92 Å². The van der Waals surface area contributed by atoms with Crippen LogP contribution in [0.2, 0.25) is 0 Å². The molecule has 0 unspecified atom stereocenters. The van der Waals surface area contributed by atoms with E-state index in [1.165, 1.54) is 17.8 Å². The maximum Gasteiger partial charge on any atom is 0.263 e. The molecular weight excluding hydrogens is 290 g/mol. The zero-order valence-corrected chi connectivity index (χ0v) is 14.3. The van der Waals surface area contributed by atoms with Crippen LogP contribution in [0.25, 0.3) is 0 Å². The largest absolute Gasteiger partial charge is 0.396 e. The number of nitrogens with one attached hydrogen (secondary N) is 2. The molecule has 0 aliphatic rings. The lowest BCUT2D eigenvalue weighted by Gasteiger charge is -2.07. The number of carbonyl (C=O) groups excluding carboxylic acids is 1. The molecule has 1 heterocycles. The number of hydrogen-bond acceptors (Lipinski definition) is 5. The molecule has 0 fully saturated rings. The van der Waals surface area contributed by atoms with Crippen molar-refractivity contribution in [3.8, 4) is 0 Å². The summed E-state index contributed by atoms with van der Waals surface area (Å²) in [6, 6.07) is 0. The Morgan fingerprint density at radius 3 is 2.70 bits per heavy atom. The van der Waals surface area contributed by atoms with Gasteiger partial charge in [0.1, 0.15) is 9.88 Å². The van der Waals surface area contributed by atoms with E-state index in [9.17, 15) is 4.79 Å². The summed E-state index contributed by atoms with van der Waals surface area (Å²) in [5, 5.41) is 7.23. The van der Waals surface area contributed by atoms with Crippen LogP contribution in [0.15, 0.2) is 4.90 Å². The van der Waals surface area contributed by atoms with E-state index in [1.54, 1.807) is 11.8 Å². The molecule has 1 aromatic rings. The first kappa shape index (κ1) is 17.2. The minimum absolute atomic E-state index is 0.0828. The normalized spacial score (nSPS) is 10.8. The van der Waals surface area contributed by atoms with Crippen LogP contribution in [0.3, 0.4) is 0 Å².